The quantitative estimate of drug-likeness (QED) is 0.108. The third-order valence-electron chi connectivity index (χ3n) is 6.65. The fourth-order valence-electron chi connectivity index (χ4n) is 5.02. The fraction of sp³-hybridized carbons (Fsp3) is 1.00. The summed E-state index contributed by atoms with van der Waals surface area (Å²) in [6.45, 7) is 6.75. The van der Waals surface area contributed by atoms with Gasteiger partial charge < -0.3 is 24.7 Å². The van der Waals surface area contributed by atoms with Gasteiger partial charge in [0.25, 0.3) is 0 Å². The van der Waals surface area contributed by atoms with Crippen LogP contribution in [0.5, 0.6) is 0 Å². The lowest BCUT2D eigenvalue weighted by molar-refractivity contribution is -0.877. The minimum absolute atomic E-state index is 0.0559. The van der Waals surface area contributed by atoms with Gasteiger partial charge in [-0.3, -0.25) is 4.52 Å². The topological polar surface area (TPSA) is 102 Å². The Morgan fingerprint density at radius 2 is 1.45 bits per heavy atom. The maximum absolute atomic E-state index is 12.1. The van der Waals surface area contributed by atoms with Crippen molar-refractivity contribution in [1.82, 2.24) is 0 Å². The van der Waals surface area contributed by atoms with Crippen LogP contribution < -0.4 is 5.73 Å². The van der Waals surface area contributed by atoms with Crippen molar-refractivity contribution < 1.29 is 28.1 Å². The van der Waals surface area contributed by atoms with Crippen LogP contribution >= 0.6 is 7.82 Å². The van der Waals surface area contributed by atoms with Crippen LogP contribution in [-0.2, 0) is 13.8 Å². The highest BCUT2D eigenvalue weighted by molar-refractivity contribution is 7.46. The summed E-state index contributed by atoms with van der Waals surface area (Å²) < 4.78 is 23.8. The van der Waals surface area contributed by atoms with Crippen LogP contribution in [0.3, 0.4) is 0 Å². The van der Waals surface area contributed by atoms with E-state index in [9.17, 15) is 14.4 Å². The van der Waals surface area contributed by atoms with Gasteiger partial charge in [-0.2, -0.15) is 0 Å². The summed E-state index contributed by atoms with van der Waals surface area (Å²) in [5, 5.41) is 0. The number of ether oxygens (including phenoxy) is 1. The lowest BCUT2D eigenvalue weighted by Gasteiger charge is -2.45. The Bertz CT molecular complexity index is 537. The van der Waals surface area contributed by atoms with Gasteiger partial charge in [0.15, 0.2) is 0 Å². The smallest absolute Gasteiger partial charge is 0.380 e. The Morgan fingerprint density at radius 1 is 0.939 bits per heavy atom. The zero-order valence-electron chi connectivity index (χ0n) is 22.7. The van der Waals surface area contributed by atoms with Crippen molar-refractivity contribution in [2.24, 2.45) is 11.7 Å². The summed E-state index contributed by atoms with van der Waals surface area (Å²) in [6, 6.07) is -0.220. The number of hydrogen-bond donors (Lipinski definition) is 3. The Balaban J connectivity index is 5.47. The van der Waals surface area contributed by atoms with E-state index >= 15 is 0 Å². The molecule has 0 radical (unpaired) electrons. The van der Waals surface area contributed by atoms with Crippen LogP contribution in [0.2, 0.25) is 0 Å². The molecule has 0 aliphatic rings. The standard InChI is InChI=1S/C25H55N2O5P/c1-8-10-11-12-13-14-15-16-17-18-23(20-24(26)22(3)31-7)25(19-9-2,21-27(4,5)6)32-33(28,29)30/h22-24H,8-21,26H2,1-7H3,(H-,28,29,30)/p+1. The van der Waals surface area contributed by atoms with Crippen molar-refractivity contribution in [3.05, 3.63) is 0 Å². The van der Waals surface area contributed by atoms with E-state index in [0.717, 1.165) is 25.7 Å². The first-order chi connectivity index (χ1) is 15.3. The van der Waals surface area contributed by atoms with Crippen LogP contribution in [-0.4, -0.2) is 66.8 Å². The summed E-state index contributed by atoms with van der Waals surface area (Å²) in [7, 11) is 3.10. The molecule has 4 atom stereocenters. The molecule has 8 heteroatoms. The van der Waals surface area contributed by atoms with Gasteiger partial charge in [-0.15, -0.1) is 0 Å². The van der Waals surface area contributed by atoms with E-state index in [4.69, 9.17) is 15.0 Å². The number of rotatable bonds is 21. The molecular weight excluding hydrogens is 439 g/mol. The first-order valence-corrected chi connectivity index (χ1v) is 14.7. The third kappa shape index (κ3) is 15.6. The highest BCUT2D eigenvalue weighted by Crippen LogP contribution is 2.49. The first-order valence-electron chi connectivity index (χ1n) is 13.1. The number of methoxy groups -OCH3 is 1. The van der Waals surface area contributed by atoms with Gasteiger partial charge in [-0.25, -0.2) is 4.57 Å². The lowest BCUT2D eigenvalue weighted by atomic mass is 9.75. The van der Waals surface area contributed by atoms with Gasteiger partial charge in [-0.1, -0.05) is 78.1 Å². The maximum atomic E-state index is 12.1. The van der Waals surface area contributed by atoms with E-state index in [1.165, 1.54) is 44.9 Å². The summed E-state index contributed by atoms with van der Waals surface area (Å²) in [4.78, 5) is 19.7. The number of phosphoric acid groups is 1. The molecule has 0 rings (SSSR count). The number of hydrogen-bond acceptors (Lipinski definition) is 4. The van der Waals surface area contributed by atoms with Crippen molar-refractivity contribution in [3.63, 3.8) is 0 Å². The molecule has 4 N–H and O–H groups in total. The number of unbranched alkanes of at least 4 members (excludes halogenated alkanes) is 8. The molecule has 0 saturated heterocycles. The predicted molar refractivity (Wildman–Crippen MR) is 138 cm³/mol. The van der Waals surface area contributed by atoms with Crippen molar-refractivity contribution in [3.8, 4) is 0 Å². The van der Waals surface area contributed by atoms with Crippen molar-refractivity contribution in [2.75, 3.05) is 34.8 Å². The van der Waals surface area contributed by atoms with E-state index in [0.29, 0.717) is 23.9 Å². The molecule has 0 aromatic heterocycles. The zero-order chi connectivity index (χ0) is 25.5. The average molecular weight is 496 g/mol. The molecule has 0 saturated carbocycles. The summed E-state index contributed by atoms with van der Waals surface area (Å²) in [6.07, 6.45) is 13.8. The second-order valence-corrected chi connectivity index (χ2v) is 12.2. The molecule has 4 unspecified atom stereocenters. The van der Waals surface area contributed by atoms with Crippen molar-refractivity contribution in [2.45, 2.75) is 122 Å². The van der Waals surface area contributed by atoms with E-state index in [2.05, 4.69) is 6.92 Å². The van der Waals surface area contributed by atoms with Crippen LogP contribution in [0.1, 0.15) is 104 Å². The number of likely N-dealkylation sites (N-methyl/N-ethyl adjacent to an activating group) is 1. The fourth-order valence-corrected chi connectivity index (χ4v) is 5.79. The molecule has 0 heterocycles. The summed E-state index contributed by atoms with van der Waals surface area (Å²) in [5.41, 5.74) is 5.55. The van der Waals surface area contributed by atoms with Gasteiger partial charge >= 0.3 is 7.82 Å². The minimum Gasteiger partial charge on any atom is -0.380 e. The van der Waals surface area contributed by atoms with Crippen molar-refractivity contribution >= 4 is 7.82 Å². The molecule has 0 amide bonds. The van der Waals surface area contributed by atoms with Gasteiger partial charge in [0.05, 0.1) is 27.2 Å². The van der Waals surface area contributed by atoms with E-state index in [1.54, 1.807) is 7.11 Å². The van der Waals surface area contributed by atoms with Crippen LogP contribution in [0.25, 0.3) is 0 Å². The van der Waals surface area contributed by atoms with Gasteiger partial charge in [0, 0.05) is 13.2 Å². The molecule has 0 aliphatic heterocycles. The molecule has 200 valence electrons. The zero-order valence-corrected chi connectivity index (χ0v) is 23.6. The predicted octanol–water partition coefficient (Wildman–Crippen LogP) is 5.63. The Hall–Kier alpha value is -0.0100. The third-order valence-corrected chi connectivity index (χ3v) is 7.25. The van der Waals surface area contributed by atoms with E-state index in [1.807, 2.05) is 35.0 Å². The number of phosphoric ester groups is 1. The van der Waals surface area contributed by atoms with E-state index in [-0.39, 0.29) is 18.1 Å². The molecule has 0 spiro atoms. The highest BCUT2D eigenvalue weighted by Gasteiger charge is 2.48. The van der Waals surface area contributed by atoms with Crippen molar-refractivity contribution in [1.29, 1.82) is 0 Å². The maximum Gasteiger partial charge on any atom is 0.470 e. The highest BCUT2D eigenvalue weighted by atomic mass is 31.2. The second-order valence-electron chi connectivity index (χ2n) is 11.0. The SMILES string of the molecule is CCCCCCCCCCCC(CC(N)C(C)OC)C(CCC)(C[N+](C)(C)C)OP(=O)(O)O. The van der Waals surface area contributed by atoms with E-state index < -0.39 is 13.4 Å². The summed E-state index contributed by atoms with van der Waals surface area (Å²) in [5.74, 6) is -0.0559. The second kappa shape index (κ2) is 16.6. The Kier molecular flexibility index (Phi) is 16.6. The molecule has 0 aliphatic carbocycles. The molecule has 7 nitrogen and oxygen atoms in total. The number of nitrogens with two attached hydrogens (primary N) is 1. The molecule has 0 aromatic rings. The normalized spacial score (nSPS) is 17.5. The van der Waals surface area contributed by atoms with Crippen LogP contribution in [0.15, 0.2) is 0 Å². The minimum atomic E-state index is -4.68. The molecular formula is C25H56N2O5P+. The largest absolute Gasteiger partial charge is 0.470 e. The van der Waals surface area contributed by atoms with Crippen LogP contribution in [0.4, 0.5) is 0 Å². The van der Waals surface area contributed by atoms with Crippen LogP contribution in [0, 0.1) is 5.92 Å². The monoisotopic (exact) mass is 495 g/mol. The average Bonchev–Trinajstić information content (AvgIpc) is 2.68. The first kappa shape index (κ1) is 33.0. The number of quaternary nitrogens is 1. The Labute approximate surface area is 204 Å². The number of nitrogens with zero attached hydrogens (tertiary/aromatic N) is 1. The lowest BCUT2D eigenvalue weighted by Crippen LogP contribution is -2.55. The molecule has 0 aromatic carbocycles. The molecule has 33 heavy (non-hydrogen) atoms. The van der Waals surface area contributed by atoms with Gasteiger partial charge in [0.2, 0.25) is 0 Å². The van der Waals surface area contributed by atoms with Gasteiger partial charge in [-0.05, 0) is 32.1 Å². The van der Waals surface area contributed by atoms with Gasteiger partial charge in [0.1, 0.15) is 12.1 Å². The molecule has 0 bridgehead atoms. The Morgan fingerprint density at radius 3 is 1.88 bits per heavy atom. The molecule has 0 fully saturated rings. The summed E-state index contributed by atoms with van der Waals surface area (Å²) >= 11 is 0.